The molecule has 354 valence electrons. The zero-order valence-electron chi connectivity index (χ0n) is 35.3. The van der Waals surface area contributed by atoms with Crippen LogP contribution < -0.4 is 0 Å². The fourth-order valence-corrected chi connectivity index (χ4v) is 9.80. The number of rotatable bonds is 33. The summed E-state index contributed by atoms with van der Waals surface area (Å²) < 4.78 is 114. The smallest absolute Gasteiger partial charge is 0.475 e. The first-order valence-electron chi connectivity index (χ1n) is 20.0. The van der Waals surface area contributed by atoms with Crippen molar-refractivity contribution in [3.63, 3.8) is 0 Å². The lowest BCUT2D eigenvalue weighted by Crippen LogP contribution is -2.67. The van der Waals surface area contributed by atoms with Gasteiger partial charge >= 0.3 is 29.4 Å². The monoisotopic (exact) mass is 976 g/mol. The first kappa shape index (κ1) is 55.4. The van der Waals surface area contributed by atoms with Gasteiger partial charge in [-0.05, 0) is 11.1 Å². The number of ether oxygens (including phenoxy) is 3. The molecule has 0 unspecified atom stereocenters. The summed E-state index contributed by atoms with van der Waals surface area (Å²) >= 11 is 0. The molecule has 6 atom stereocenters. The number of nitrogens with zero attached hydrogens (tertiary/aromatic N) is 6. The fraction of sp³-hybridized carbons (Fsp3) is 0.525. The van der Waals surface area contributed by atoms with Crippen molar-refractivity contribution in [2.75, 3.05) is 46.2 Å². The lowest BCUT2D eigenvalue weighted by molar-refractivity contribution is -0.252. The lowest BCUT2D eigenvalue weighted by atomic mass is 9.84. The molecule has 1 aliphatic rings. The average molecular weight is 977 g/mol. The van der Waals surface area contributed by atoms with Crippen molar-refractivity contribution in [1.82, 2.24) is 0 Å². The number of phosphoric acid groups is 3. The number of carboxylic acid groups (broad SMARTS) is 1. The molecule has 1 N–H and O–H groups in total. The third-order valence-electron chi connectivity index (χ3n) is 8.44. The van der Waals surface area contributed by atoms with Crippen molar-refractivity contribution >= 4 is 29.4 Å². The van der Waals surface area contributed by atoms with Gasteiger partial charge in [0.25, 0.3) is 0 Å². The Labute approximate surface area is 381 Å². The van der Waals surface area contributed by atoms with E-state index in [1.54, 1.807) is 84.9 Å². The Balaban J connectivity index is 2.48. The fourth-order valence-electron chi connectivity index (χ4n) is 5.71. The van der Waals surface area contributed by atoms with Gasteiger partial charge in [0.1, 0.15) is 43.2 Å². The summed E-state index contributed by atoms with van der Waals surface area (Å²) in [6.45, 7) is -5.28. The van der Waals surface area contributed by atoms with E-state index in [9.17, 15) is 55.2 Å². The molecule has 3 rings (SSSR count). The van der Waals surface area contributed by atoms with Crippen LogP contribution in [0.15, 0.2) is 60.7 Å². The van der Waals surface area contributed by atoms with Crippen LogP contribution in [0.1, 0.15) is 49.7 Å². The van der Waals surface area contributed by atoms with Crippen molar-refractivity contribution < 1.29 is 78.5 Å². The summed E-state index contributed by atoms with van der Waals surface area (Å²) in [7, 11) is -15.2. The standard InChI is InChI=1S/C40H47N6O17P3/c41-17-7-23-55-64(49,56-24-8-18-42)61-38-35(52-29-32-13-3-1-4-14-32)36(54-31-34(47)48)39(62-65(50,57-25-9-19-43)58-26-10-20-44)40(37(38)53-30-33-15-5-2-6-16-33)63-66(51,59-27-11-21-45)60-28-12-22-46/h1-6,13-16,35-40H,7-12,23-31H2,(H,47,48)/t35-,36+,37+,38-,39-,40-/m1/s1. The van der Waals surface area contributed by atoms with E-state index in [2.05, 4.69) is 0 Å². The highest BCUT2D eigenvalue weighted by Crippen LogP contribution is 2.59. The highest BCUT2D eigenvalue weighted by atomic mass is 31.2. The second-order valence-corrected chi connectivity index (χ2v) is 18.1. The Morgan fingerprint density at radius 2 is 0.697 bits per heavy atom. The Morgan fingerprint density at radius 1 is 0.439 bits per heavy atom. The van der Waals surface area contributed by atoms with Gasteiger partial charge in [0.2, 0.25) is 0 Å². The van der Waals surface area contributed by atoms with Gasteiger partial charge in [-0.3, -0.25) is 40.7 Å². The van der Waals surface area contributed by atoms with Crippen LogP contribution in [0.3, 0.4) is 0 Å². The van der Waals surface area contributed by atoms with Crippen LogP contribution in [0, 0.1) is 68.0 Å². The number of hydrogen-bond donors (Lipinski definition) is 1. The largest absolute Gasteiger partial charge is 0.480 e. The minimum Gasteiger partial charge on any atom is -0.480 e. The molecule has 0 heterocycles. The van der Waals surface area contributed by atoms with Gasteiger partial charge in [-0.25, -0.2) is 18.5 Å². The molecule has 66 heavy (non-hydrogen) atoms. The van der Waals surface area contributed by atoms with E-state index in [-0.39, 0.29) is 51.7 Å². The first-order valence-corrected chi connectivity index (χ1v) is 24.4. The second kappa shape index (κ2) is 30.4. The first-order chi connectivity index (χ1) is 31.9. The number of aliphatic carboxylic acids is 1. The molecule has 2 aromatic rings. The van der Waals surface area contributed by atoms with E-state index in [0.717, 1.165) is 0 Å². The van der Waals surface area contributed by atoms with Crippen LogP contribution in [-0.2, 0) is 86.6 Å². The van der Waals surface area contributed by atoms with Gasteiger partial charge in [0, 0.05) is 0 Å². The number of benzene rings is 2. The van der Waals surface area contributed by atoms with Crippen LogP contribution in [0.4, 0.5) is 0 Å². The van der Waals surface area contributed by atoms with Gasteiger partial charge in [0.05, 0.1) is 128 Å². The number of hydrogen-bond acceptors (Lipinski definition) is 22. The molecular formula is C40H47N6O17P3. The van der Waals surface area contributed by atoms with Gasteiger partial charge < -0.3 is 19.3 Å². The summed E-state index contributed by atoms with van der Waals surface area (Å²) in [5, 5.41) is 65.7. The van der Waals surface area contributed by atoms with Crippen LogP contribution >= 0.6 is 23.5 Å². The van der Waals surface area contributed by atoms with E-state index in [1.165, 1.54) is 0 Å². The molecule has 0 saturated heterocycles. The average Bonchev–Trinajstić information content (AvgIpc) is 3.30. The molecule has 0 bridgehead atoms. The number of nitriles is 6. The highest BCUT2D eigenvalue weighted by Gasteiger charge is 2.61. The van der Waals surface area contributed by atoms with Crippen LogP contribution in [0.25, 0.3) is 0 Å². The molecule has 1 saturated carbocycles. The maximum Gasteiger partial charge on any atom is 0.475 e. The topological polar surface area (TPSA) is 342 Å². The third-order valence-corrected chi connectivity index (χ3v) is 12.9. The Morgan fingerprint density at radius 3 is 0.970 bits per heavy atom. The normalized spacial score (nSPS) is 19.5. The van der Waals surface area contributed by atoms with Crippen molar-refractivity contribution in [2.45, 2.75) is 88.4 Å². The van der Waals surface area contributed by atoms with Crippen molar-refractivity contribution in [2.24, 2.45) is 0 Å². The molecular weight excluding hydrogens is 929 g/mol. The van der Waals surface area contributed by atoms with Crippen molar-refractivity contribution in [3.8, 4) is 36.4 Å². The maximum atomic E-state index is 14.7. The Kier molecular flexibility index (Phi) is 25.5. The minimum absolute atomic E-state index is 0.330. The molecule has 0 aliphatic heterocycles. The number of carbonyl (C=O) groups is 1. The van der Waals surface area contributed by atoms with E-state index in [1.807, 2.05) is 12.1 Å². The maximum absolute atomic E-state index is 14.7. The Bertz CT molecular complexity index is 2130. The van der Waals surface area contributed by atoms with Crippen molar-refractivity contribution in [3.05, 3.63) is 71.8 Å². The van der Waals surface area contributed by atoms with Crippen molar-refractivity contribution in [1.29, 1.82) is 31.6 Å². The SMILES string of the molecule is N#CCCOP(=O)(OCCC#N)O[C@@H]1[C@H](OCc2ccccc2)[C@H](OCC(=O)O)[C@@H](OP(=O)(OCCC#N)OCCC#N)[C@H](OP(=O)(OCCC#N)OCCC#N)[C@H]1OCc1ccccc1. The predicted molar refractivity (Wildman–Crippen MR) is 222 cm³/mol. The predicted octanol–water partition coefficient (Wildman–Crippen LogP) is 6.70. The van der Waals surface area contributed by atoms with E-state index in [4.69, 9.17) is 54.9 Å². The molecule has 0 amide bonds. The molecule has 0 spiro atoms. The van der Waals surface area contributed by atoms with E-state index >= 15 is 0 Å². The zero-order chi connectivity index (χ0) is 48.1. The summed E-state index contributed by atoms with van der Waals surface area (Å²) in [5.74, 6) is -1.57. The van der Waals surface area contributed by atoms with Gasteiger partial charge in [0.15, 0.2) is 0 Å². The second-order valence-electron chi connectivity index (χ2n) is 13.2. The molecule has 2 aromatic carbocycles. The van der Waals surface area contributed by atoms with Gasteiger partial charge in [-0.15, -0.1) is 0 Å². The van der Waals surface area contributed by atoms with Gasteiger partial charge in [-0.1, -0.05) is 60.7 Å². The lowest BCUT2D eigenvalue weighted by Gasteiger charge is -2.49. The highest BCUT2D eigenvalue weighted by molar-refractivity contribution is 7.49. The summed E-state index contributed by atoms with van der Waals surface area (Å²) in [6.07, 6.45) is -14.0. The van der Waals surface area contributed by atoms with E-state index < -0.39 is 112 Å². The van der Waals surface area contributed by atoms with Crippen LogP contribution in [0.5, 0.6) is 0 Å². The summed E-state index contributed by atoms with van der Waals surface area (Å²) in [5.41, 5.74) is 0.998. The molecule has 23 nitrogen and oxygen atoms in total. The molecule has 0 aromatic heterocycles. The molecule has 1 fully saturated rings. The zero-order valence-corrected chi connectivity index (χ0v) is 38.0. The molecule has 26 heteroatoms. The van der Waals surface area contributed by atoms with E-state index in [0.29, 0.717) is 11.1 Å². The molecule has 0 radical (unpaired) electrons. The summed E-state index contributed by atoms with van der Waals surface area (Å²) in [6, 6.07) is 27.6. The molecule has 1 aliphatic carbocycles. The van der Waals surface area contributed by atoms with Crippen LogP contribution in [0.2, 0.25) is 0 Å². The van der Waals surface area contributed by atoms with Gasteiger partial charge in [-0.2, -0.15) is 31.6 Å². The summed E-state index contributed by atoms with van der Waals surface area (Å²) in [4.78, 5) is 12.3. The quantitative estimate of drug-likeness (QED) is 0.0574. The van der Waals surface area contributed by atoms with Crippen LogP contribution in [-0.4, -0.2) is 93.9 Å². The number of carboxylic acids is 1. The Hall–Kier alpha value is -4.94. The minimum atomic E-state index is -5.10. The third kappa shape index (κ3) is 19.5. The number of phosphoric ester groups is 3.